The highest BCUT2D eigenvalue weighted by molar-refractivity contribution is 6.30. The highest BCUT2D eigenvalue weighted by Gasteiger charge is 2.15. The molecule has 2 aromatic carbocycles. The van der Waals surface area contributed by atoms with Gasteiger partial charge in [0.05, 0.1) is 5.69 Å². The smallest absolute Gasteiger partial charge is 0.254 e. The van der Waals surface area contributed by atoms with Crippen molar-refractivity contribution >= 4 is 23.2 Å². The zero-order valence-electron chi connectivity index (χ0n) is 14.6. The SMILES string of the molecule is CCc1cc(=O)n(CC(=O)Nc2ccc(Cl)cc2F)c(-c2ccccc2)n1. The number of nitrogens with one attached hydrogen (secondary N) is 1. The summed E-state index contributed by atoms with van der Waals surface area (Å²) in [5.74, 6) is -0.792. The number of hydrogen-bond donors (Lipinski definition) is 1. The van der Waals surface area contributed by atoms with E-state index in [0.29, 0.717) is 17.9 Å². The maximum atomic E-state index is 13.9. The second-order valence-corrected chi connectivity index (χ2v) is 6.32. The average Bonchev–Trinajstić information content (AvgIpc) is 2.66. The second-order valence-electron chi connectivity index (χ2n) is 5.89. The predicted molar refractivity (Wildman–Crippen MR) is 103 cm³/mol. The van der Waals surface area contributed by atoms with E-state index in [0.717, 1.165) is 11.6 Å². The molecule has 0 saturated carbocycles. The van der Waals surface area contributed by atoms with Crippen LogP contribution in [0.4, 0.5) is 10.1 Å². The third-order valence-corrected chi connectivity index (χ3v) is 4.20. The van der Waals surface area contributed by atoms with Crippen LogP contribution in [0, 0.1) is 5.82 Å². The molecule has 0 aliphatic carbocycles. The summed E-state index contributed by atoms with van der Waals surface area (Å²) < 4.78 is 15.2. The molecule has 27 heavy (non-hydrogen) atoms. The standard InChI is InChI=1S/C20H17ClFN3O2/c1-2-15-11-19(27)25(20(23-15)13-6-4-3-5-7-13)12-18(26)24-17-9-8-14(21)10-16(17)22/h3-11H,2,12H2,1H3,(H,24,26). The summed E-state index contributed by atoms with van der Waals surface area (Å²) in [7, 11) is 0. The number of halogens is 2. The molecule has 1 N–H and O–H groups in total. The number of anilines is 1. The normalized spacial score (nSPS) is 10.6. The van der Waals surface area contributed by atoms with Gasteiger partial charge in [0, 0.05) is 22.3 Å². The third-order valence-electron chi connectivity index (χ3n) is 3.96. The first-order chi connectivity index (χ1) is 13.0. The van der Waals surface area contributed by atoms with Crippen LogP contribution in [-0.4, -0.2) is 15.5 Å². The van der Waals surface area contributed by atoms with Crippen molar-refractivity contribution in [2.24, 2.45) is 0 Å². The van der Waals surface area contributed by atoms with Crippen LogP contribution in [0.1, 0.15) is 12.6 Å². The van der Waals surface area contributed by atoms with E-state index in [1.807, 2.05) is 37.3 Å². The highest BCUT2D eigenvalue weighted by Crippen LogP contribution is 2.19. The van der Waals surface area contributed by atoms with Crippen LogP contribution in [0.5, 0.6) is 0 Å². The molecule has 138 valence electrons. The first-order valence-electron chi connectivity index (χ1n) is 8.39. The lowest BCUT2D eigenvalue weighted by Crippen LogP contribution is -2.30. The van der Waals surface area contributed by atoms with Gasteiger partial charge in [-0.2, -0.15) is 0 Å². The molecule has 0 atom stereocenters. The van der Waals surface area contributed by atoms with E-state index in [4.69, 9.17) is 11.6 Å². The van der Waals surface area contributed by atoms with Gasteiger partial charge in [-0.05, 0) is 24.6 Å². The molecule has 3 aromatic rings. The number of aromatic nitrogens is 2. The summed E-state index contributed by atoms with van der Waals surface area (Å²) in [6, 6.07) is 14.5. The van der Waals surface area contributed by atoms with Crippen LogP contribution in [0.25, 0.3) is 11.4 Å². The van der Waals surface area contributed by atoms with Crippen LogP contribution in [0.2, 0.25) is 5.02 Å². The molecule has 0 fully saturated rings. The van der Waals surface area contributed by atoms with Crippen molar-refractivity contribution < 1.29 is 9.18 Å². The number of amides is 1. The Hall–Kier alpha value is -2.99. The zero-order chi connectivity index (χ0) is 19.4. The number of benzene rings is 2. The van der Waals surface area contributed by atoms with Crippen LogP contribution in [-0.2, 0) is 17.8 Å². The van der Waals surface area contributed by atoms with Crippen molar-refractivity contribution in [2.45, 2.75) is 19.9 Å². The molecule has 1 heterocycles. The minimum Gasteiger partial charge on any atom is -0.322 e. The molecular formula is C20H17ClFN3O2. The number of rotatable bonds is 5. The van der Waals surface area contributed by atoms with Crippen molar-refractivity contribution in [1.82, 2.24) is 9.55 Å². The van der Waals surface area contributed by atoms with Gasteiger partial charge in [-0.1, -0.05) is 48.9 Å². The summed E-state index contributed by atoms with van der Waals surface area (Å²) in [6.45, 7) is 1.61. The van der Waals surface area contributed by atoms with E-state index in [9.17, 15) is 14.0 Å². The number of carbonyl (C=O) groups excluding carboxylic acids is 1. The first kappa shape index (κ1) is 18.8. The molecule has 0 saturated heterocycles. The van der Waals surface area contributed by atoms with Gasteiger partial charge >= 0.3 is 0 Å². The molecule has 1 amide bonds. The molecule has 0 bridgehead atoms. The fourth-order valence-corrected chi connectivity index (χ4v) is 2.78. The maximum Gasteiger partial charge on any atom is 0.254 e. The fraction of sp³-hybridized carbons (Fsp3) is 0.150. The molecule has 0 unspecified atom stereocenters. The molecule has 3 rings (SSSR count). The number of nitrogens with zero attached hydrogens (tertiary/aromatic N) is 2. The van der Waals surface area contributed by atoms with Crippen LogP contribution in [0.3, 0.4) is 0 Å². The topological polar surface area (TPSA) is 64.0 Å². The molecule has 1 aromatic heterocycles. The minimum atomic E-state index is -0.647. The van der Waals surface area contributed by atoms with E-state index in [1.54, 1.807) is 0 Å². The van der Waals surface area contributed by atoms with Gasteiger partial charge in [0.1, 0.15) is 18.2 Å². The van der Waals surface area contributed by atoms with Gasteiger partial charge in [0.15, 0.2) is 0 Å². The lowest BCUT2D eigenvalue weighted by Gasteiger charge is -2.14. The van der Waals surface area contributed by atoms with Crippen molar-refractivity contribution in [2.75, 3.05) is 5.32 Å². The first-order valence-corrected chi connectivity index (χ1v) is 8.77. The Kier molecular flexibility index (Phi) is 5.66. The Morgan fingerprint density at radius 2 is 1.93 bits per heavy atom. The Balaban J connectivity index is 1.94. The molecule has 0 aliphatic rings. The maximum absolute atomic E-state index is 13.9. The van der Waals surface area contributed by atoms with Gasteiger partial charge < -0.3 is 5.32 Å². The number of hydrogen-bond acceptors (Lipinski definition) is 3. The van der Waals surface area contributed by atoms with Gasteiger partial charge in [-0.15, -0.1) is 0 Å². The van der Waals surface area contributed by atoms with Crippen molar-refractivity contribution in [3.05, 3.63) is 81.5 Å². The molecule has 0 aliphatic heterocycles. The third kappa shape index (κ3) is 4.41. The summed E-state index contributed by atoms with van der Waals surface area (Å²) in [6.07, 6.45) is 0.595. The molecule has 0 radical (unpaired) electrons. The Labute approximate surface area is 160 Å². The minimum absolute atomic E-state index is 0.00292. The highest BCUT2D eigenvalue weighted by atomic mass is 35.5. The predicted octanol–water partition coefficient (Wildman–Crippen LogP) is 3.90. The quantitative estimate of drug-likeness (QED) is 0.724. The number of carbonyl (C=O) groups is 1. The monoisotopic (exact) mass is 385 g/mol. The summed E-state index contributed by atoms with van der Waals surface area (Å²) in [5, 5.41) is 2.69. The average molecular weight is 386 g/mol. The van der Waals surface area contributed by atoms with E-state index in [-0.39, 0.29) is 22.8 Å². The van der Waals surface area contributed by atoms with Gasteiger partial charge in [0.25, 0.3) is 5.56 Å². The Bertz CT molecular complexity index is 1040. The van der Waals surface area contributed by atoms with Crippen LogP contribution < -0.4 is 10.9 Å². The number of aryl methyl sites for hydroxylation is 1. The van der Waals surface area contributed by atoms with Crippen molar-refractivity contribution in [3.8, 4) is 11.4 Å². The van der Waals surface area contributed by atoms with Gasteiger partial charge in [-0.25, -0.2) is 9.37 Å². The second kappa shape index (κ2) is 8.14. The Morgan fingerprint density at radius 1 is 1.19 bits per heavy atom. The van der Waals surface area contributed by atoms with E-state index >= 15 is 0 Å². The van der Waals surface area contributed by atoms with Crippen LogP contribution in [0.15, 0.2) is 59.4 Å². The molecule has 5 nitrogen and oxygen atoms in total. The lowest BCUT2D eigenvalue weighted by molar-refractivity contribution is -0.116. The zero-order valence-corrected chi connectivity index (χ0v) is 15.3. The summed E-state index contributed by atoms with van der Waals surface area (Å²) in [5.41, 5.74) is 1.01. The van der Waals surface area contributed by atoms with Crippen molar-refractivity contribution in [3.63, 3.8) is 0 Å². The van der Waals surface area contributed by atoms with Gasteiger partial charge in [0.2, 0.25) is 5.91 Å². The van der Waals surface area contributed by atoms with E-state index in [1.165, 1.54) is 22.8 Å². The largest absolute Gasteiger partial charge is 0.322 e. The van der Waals surface area contributed by atoms with Crippen molar-refractivity contribution in [1.29, 1.82) is 0 Å². The summed E-state index contributed by atoms with van der Waals surface area (Å²) in [4.78, 5) is 29.5. The van der Waals surface area contributed by atoms with Crippen LogP contribution >= 0.6 is 11.6 Å². The molecular weight excluding hydrogens is 369 g/mol. The lowest BCUT2D eigenvalue weighted by atomic mass is 10.2. The van der Waals surface area contributed by atoms with E-state index < -0.39 is 11.7 Å². The fourth-order valence-electron chi connectivity index (χ4n) is 2.62. The Morgan fingerprint density at radius 3 is 2.59 bits per heavy atom. The molecule has 0 spiro atoms. The van der Waals surface area contributed by atoms with E-state index in [2.05, 4.69) is 10.3 Å². The van der Waals surface area contributed by atoms with Gasteiger partial charge in [-0.3, -0.25) is 14.2 Å². The summed E-state index contributed by atoms with van der Waals surface area (Å²) >= 11 is 5.71. The molecule has 7 heteroatoms.